The molecule has 1 aromatic heterocycles. The van der Waals surface area contributed by atoms with Crippen LogP contribution in [-0.2, 0) is 0 Å². The van der Waals surface area contributed by atoms with Gasteiger partial charge in [0.2, 0.25) is 5.95 Å². The van der Waals surface area contributed by atoms with Crippen LogP contribution in [0, 0.1) is 5.82 Å². The zero-order valence-corrected chi connectivity index (χ0v) is 11.8. The normalized spacial score (nSPS) is 12.2. The van der Waals surface area contributed by atoms with Gasteiger partial charge in [-0.1, -0.05) is 17.7 Å². The lowest BCUT2D eigenvalue weighted by Crippen LogP contribution is -2.09. The minimum Gasteiger partial charge on any atom is -0.348 e. The van der Waals surface area contributed by atoms with E-state index in [0.29, 0.717) is 11.0 Å². The van der Waals surface area contributed by atoms with Crippen LogP contribution in [0.25, 0.3) is 0 Å². The van der Waals surface area contributed by atoms with Gasteiger partial charge in [0.05, 0.1) is 10.5 Å². The summed E-state index contributed by atoms with van der Waals surface area (Å²) in [5, 5.41) is 3.48. The molecule has 2 aromatic rings. The number of aromatic nitrogens is 2. The maximum atomic E-state index is 12.9. The molecule has 2 rings (SSSR count). The summed E-state index contributed by atoms with van der Waals surface area (Å²) in [7, 11) is 0. The van der Waals surface area contributed by atoms with Crippen LogP contribution in [0.3, 0.4) is 0 Å². The van der Waals surface area contributed by atoms with E-state index in [1.807, 2.05) is 6.92 Å². The summed E-state index contributed by atoms with van der Waals surface area (Å²) in [6.45, 7) is 1.91. The molecular formula is C12H10BrClFN3. The van der Waals surface area contributed by atoms with E-state index in [9.17, 15) is 4.39 Å². The molecule has 0 radical (unpaired) electrons. The van der Waals surface area contributed by atoms with Crippen molar-refractivity contribution in [1.82, 2.24) is 9.97 Å². The highest BCUT2D eigenvalue weighted by atomic mass is 79.9. The van der Waals surface area contributed by atoms with Crippen molar-refractivity contribution < 1.29 is 4.39 Å². The number of nitrogens with one attached hydrogen (secondary N) is 1. The van der Waals surface area contributed by atoms with E-state index in [1.54, 1.807) is 18.5 Å². The van der Waals surface area contributed by atoms with Crippen LogP contribution in [-0.4, -0.2) is 9.97 Å². The van der Waals surface area contributed by atoms with Gasteiger partial charge in [-0.3, -0.25) is 0 Å². The minimum absolute atomic E-state index is 0.112. The van der Waals surface area contributed by atoms with Crippen LogP contribution < -0.4 is 5.32 Å². The molecule has 0 saturated carbocycles. The van der Waals surface area contributed by atoms with Gasteiger partial charge >= 0.3 is 0 Å². The third-order valence-corrected chi connectivity index (χ3v) is 3.13. The molecule has 18 heavy (non-hydrogen) atoms. The van der Waals surface area contributed by atoms with Gasteiger partial charge in [-0.2, -0.15) is 0 Å². The topological polar surface area (TPSA) is 37.8 Å². The Hall–Kier alpha value is -1.20. The number of hydrogen-bond acceptors (Lipinski definition) is 3. The summed E-state index contributed by atoms with van der Waals surface area (Å²) in [5.41, 5.74) is 0.796. The molecule has 6 heteroatoms. The van der Waals surface area contributed by atoms with Gasteiger partial charge in [-0.05, 0) is 40.5 Å². The summed E-state index contributed by atoms with van der Waals surface area (Å²) >= 11 is 9.25. The van der Waals surface area contributed by atoms with Crippen molar-refractivity contribution in [2.75, 3.05) is 5.32 Å². The highest BCUT2D eigenvalue weighted by molar-refractivity contribution is 9.10. The molecule has 1 heterocycles. The first-order chi connectivity index (χ1) is 8.56. The van der Waals surface area contributed by atoms with Crippen molar-refractivity contribution in [2.45, 2.75) is 13.0 Å². The second-order valence-electron chi connectivity index (χ2n) is 3.76. The third kappa shape index (κ3) is 3.17. The molecule has 0 aliphatic carbocycles. The SMILES string of the molecule is CC(Nc1ncc(Br)cn1)c1ccc(F)cc1Cl. The summed E-state index contributed by atoms with van der Waals surface area (Å²) in [4.78, 5) is 8.21. The van der Waals surface area contributed by atoms with Gasteiger partial charge in [0, 0.05) is 17.4 Å². The average Bonchev–Trinajstić information content (AvgIpc) is 2.32. The number of anilines is 1. The molecule has 0 spiro atoms. The van der Waals surface area contributed by atoms with Crippen molar-refractivity contribution in [1.29, 1.82) is 0 Å². The maximum Gasteiger partial charge on any atom is 0.223 e. The van der Waals surface area contributed by atoms with Crippen LogP contribution in [0.1, 0.15) is 18.5 Å². The zero-order chi connectivity index (χ0) is 13.1. The lowest BCUT2D eigenvalue weighted by Gasteiger charge is -2.15. The standard InChI is InChI=1S/C12H10BrClFN3/c1-7(10-3-2-9(15)4-11(10)14)18-12-16-5-8(13)6-17-12/h2-7H,1H3,(H,16,17,18). The second kappa shape index (κ2) is 5.63. The Labute approximate surface area is 118 Å². The summed E-state index contributed by atoms with van der Waals surface area (Å²) in [6.07, 6.45) is 3.29. The fourth-order valence-corrected chi connectivity index (χ4v) is 2.05. The Balaban J connectivity index is 2.16. The van der Waals surface area contributed by atoms with Crippen molar-refractivity contribution in [3.8, 4) is 0 Å². The van der Waals surface area contributed by atoms with Crippen LogP contribution >= 0.6 is 27.5 Å². The van der Waals surface area contributed by atoms with E-state index in [1.165, 1.54) is 12.1 Å². The lowest BCUT2D eigenvalue weighted by atomic mass is 10.1. The van der Waals surface area contributed by atoms with Gasteiger partial charge < -0.3 is 5.32 Å². The summed E-state index contributed by atoms with van der Waals surface area (Å²) < 4.78 is 13.8. The van der Waals surface area contributed by atoms with Crippen LogP contribution in [0.5, 0.6) is 0 Å². The number of benzene rings is 1. The molecular weight excluding hydrogens is 321 g/mol. The molecule has 1 unspecified atom stereocenters. The number of hydrogen-bond donors (Lipinski definition) is 1. The van der Waals surface area contributed by atoms with Gasteiger partial charge in [-0.25, -0.2) is 14.4 Å². The largest absolute Gasteiger partial charge is 0.348 e. The smallest absolute Gasteiger partial charge is 0.223 e. The Morgan fingerprint density at radius 2 is 2.00 bits per heavy atom. The fourth-order valence-electron chi connectivity index (χ4n) is 1.51. The lowest BCUT2D eigenvalue weighted by molar-refractivity contribution is 0.626. The van der Waals surface area contributed by atoms with Crippen molar-refractivity contribution >= 4 is 33.5 Å². The first kappa shape index (κ1) is 13.2. The molecule has 0 aliphatic rings. The Morgan fingerprint density at radius 3 is 2.61 bits per heavy atom. The first-order valence-electron chi connectivity index (χ1n) is 5.25. The predicted octanol–water partition coefficient (Wildman–Crippen LogP) is 4.20. The van der Waals surface area contributed by atoms with E-state index < -0.39 is 0 Å². The van der Waals surface area contributed by atoms with Gasteiger partial charge in [0.15, 0.2) is 0 Å². The zero-order valence-electron chi connectivity index (χ0n) is 9.49. The molecule has 0 saturated heterocycles. The number of rotatable bonds is 3. The third-order valence-electron chi connectivity index (χ3n) is 2.39. The Morgan fingerprint density at radius 1 is 1.33 bits per heavy atom. The van der Waals surface area contributed by atoms with Crippen molar-refractivity contribution in [3.05, 3.63) is 51.5 Å². The fraction of sp³-hybridized carbons (Fsp3) is 0.167. The highest BCUT2D eigenvalue weighted by Gasteiger charge is 2.11. The number of nitrogens with zero attached hydrogens (tertiary/aromatic N) is 2. The summed E-state index contributed by atoms with van der Waals surface area (Å²) in [6, 6.07) is 4.20. The summed E-state index contributed by atoms with van der Waals surface area (Å²) in [5.74, 6) is 0.141. The average molecular weight is 331 g/mol. The van der Waals surface area contributed by atoms with Gasteiger partial charge in [0.25, 0.3) is 0 Å². The van der Waals surface area contributed by atoms with E-state index >= 15 is 0 Å². The second-order valence-corrected chi connectivity index (χ2v) is 5.08. The Bertz CT molecular complexity index is 548. The quantitative estimate of drug-likeness (QED) is 0.916. The van der Waals surface area contributed by atoms with Crippen LogP contribution in [0.4, 0.5) is 10.3 Å². The molecule has 3 nitrogen and oxygen atoms in total. The molecule has 1 atom stereocenters. The van der Waals surface area contributed by atoms with Crippen molar-refractivity contribution in [2.24, 2.45) is 0 Å². The van der Waals surface area contributed by atoms with Gasteiger partial charge in [0.1, 0.15) is 5.82 Å². The van der Waals surface area contributed by atoms with Crippen LogP contribution in [0.2, 0.25) is 5.02 Å². The van der Waals surface area contributed by atoms with E-state index in [-0.39, 0.29) is 11.9 Å². The monoisotopic (exact) mass is 329 g/mol. The predicted molar refractivity (Wildman–Crippen MR) is 73.2 cm³/mol. The number of halogens is 3. The molecule has 0 aliphatic heterocycles. The van der Waals surface area contributed by atoms with Crippen molar-refractivity contribution in [3.63, 3.8) is 0 Å². The molecule has 0 bridgehead atoms. The highest BCUT2D eigenvalue weighted by Crippen LogP contribution is 2.25. The first-order valence-corrected chi connectivity index (χ1v) is 6.42. The molecule has 1 aromatic carbocycles. The van der Waals surface area contributed by atoms with Crippen LogP contribution in [0.15, 0.2) is 35.1 Å². The maximum absolute atomic E-state index is 12.9. The molecule has 0 fully saturated rings. The minimum atomic E-state index is -0.351. The molecule has 1 N–H and O–H groups in total. The van der Waals surface area contributed by atoms with E-state index in [0.717, 1.165) is 10.0 Å². The van der Waals surface area contributed by atoms with E-state index in [2.05, 4.69) is 31.2 Å². The molecule has 0 amide bonds. The molecule has 94 valence electrons. The van der Waals surface area contributed by atoms with Gasteiger partial charge in [-0.15, -0.1) is 0 Å². The Kier molecular flexibility index (Phi) is 4.14. The van der Waals surface area contributed by atoms with E-state index in [4.69, 9.17) is 11.6 Å².